The topological polar surface area (TPSA) is 44.3 Å². The highest BCUT2D eigenvalue weighted by Crippen LogP contribution is 2.29. The van der Waals surface area contributed by atoms with Gasteiger partial charge in [-0.3, -0.25) is 0 Å². The normalized spacial score (nSPS) is 11.1. The first-order valence-corrected chi connectivity index (χ1v) is 7.20. The number of nitrogens with one attached hydrogen (secondary N) is 2. The zero-order chi connectivity index (χ0) is 16.9. The molecule has 3 nitrogen and oxygen atoms in total. The van der Waals surface area contributed by atoms with E-state index >= 15 is 0 Å². The van der Waals surface area contributed by atoms with E-state index in [0.29, 0.717) is 11.3 Å². The summed E-state index contributed by atoms with van der Waals surface area (Å²) in [6, 6.07) is 12.1. The van der Waals surface area contributed by atoms with E-state index in [9.17, 15) is 13.2 Å². The molecule has 2 aromatic rings. The van der Waals surface area contributed by atoms with Crippen LogP contribution in [0.2, 0.25) is 0 Å². The fourth-order valence-corrected chi connectivity index (χ4v) is 2.15. The van der Waals surface area contributed by atoms with Gasteiger partial charge in [0.1, 0.15) is 0 Å². The smallest absolute Gasteiger partial charge is 0.392 e. The van der Waals surface area contributed by atoms with Crippen molar-refractivity contribution in [1.29, 1.82) is 0 Å². The number of rotatable bonds is 4. The Bertz CT molecular complexity index is 689. The molecule has 7 heteroatoms. The van der Waals surface area contributed by atoms with E-state index in [2.05, 4.69) is 10.6 Å². The van der Waals surface area contributed by atoms with Gasteiger partial charge in [-0.1, -0.05) is 24.3 Å². The van der Waals surface area contributed by atoms with Crippen LogP contribution in [0.15, 0.2) is 48.5 Å². The number of anilines is 1. The van der Waals surface area contributed by atoms with Gasteiger partial charge >= 0.3 is 6.18 Å². The maximum absolute atomic E-state index is 12.6. The lowest BCUT2D eigenvalue weighted by atomic mass is 10.1. The molecule has 122 valence electrons. The van der Waals surface area contributed by atoms with Crippen LogP contribution < -0.4 is 10.6 Å². The maximum Gasteiger partial charge on any atom is 0.416 e. The summed E-state index contributed by atoms with van der Waals surface area (Å²) in [5, 5.41) is 15.1. The summed E-state index contributed by atoms with van der Waals surface area (Å²) in [5.41, 5.74) is 1.22. The van der Waals surface area contributed by atoms with Gasteiger partial charge in [0.15, 0.2) is 5.11 Å². The number of aliphatic hydroxyl groups is 1. The second-order valence-electron chi connectivity index (χ2n) is 4.86. The molecule has 0 bridgehead atoms. The molecule has 0 aliphatic rings. The molecule has 2 rings (SSSR count). The van der Waals surface area contributed by atoms with Crippen molar-refractivity contribution in [1.82, 2.24) is 5.32 Å². The highest BCUT2D eigenvalue weighted by Gasteiger charge is 2.30. The maximum atomic E-state index is 12.6. The van der Waals surface area contributed by atoms with E-state index in [1.54, 1.807) is 30.3 Å². The molecule has 0 heterocycles. The Morgan fingerprint density at radius 2 is 1.74 bits per heavy atom. The number of alkyl halides is 3. The highest BCUT2D eigenvalue weighted by atomic mass is 32.1. The minimum absolute atomic E-state index is 0.0834. The fraction of sp³-hybridized carbons (Fsp3) is 0.188. The molecule has 0 amide bonds. The van der Waals surface area contributed by atoms with Crippen molar-refractivity contribution >= 4 is 23.0 Å². The molecule has 0 unspecified atom stereocenters. The Kier molecular flexibility index (Phi) is 5.57. The quantitative estimate of drug-likeness (QED) is 0.743. The van der Waals surface area contributed by atoms with Crippen molar-refractivity contribution in [2.45, 2.75) is 19.3 Å². The summed E-state index contributed by atoms with van der Waals surface area (Å²) < 4.78 is 37.9. The van der Waals surface area contributed by atoms with Crippen molar-refractivity contribution in [3.63, 3.8) is 0 Å². The number of hydrogen-bond donors (Lipinski definition) is 3. The number of hydrogen-bond acceptors (Lipinski definition) is 2. The fourth-order valence-electron chi connectivity index (χ4n) is 1.96. The van der Waals surface area contributed by atoms with E-state index in [-0.39, 0.29) is 18.3 Å². The molecule has 0 aliphatic carbocycles. The molecular weight excluding hydrogens is 325 g/mol. The SMILES string of the molecule is OCc1cccc(NC(=S)NCc2cccc(C(F)(F)F)c2)c1. The third kappa shape index (κ3) is 5.22. The molecule has 0 atom stereocenters. The van der Waals surface area contributed by atoms with Crippen LogP contribution in [0.1, 0.15) is 16.7 Å². The first-order chi connectivity index (χ1) is 10.9. The van der Waals surface area contributed by atoms with E-state index in [4.69, 9.17) is 17.3 Å². The Morgan fingerprint density at radius 1 is 1.04 bits per heavy atom. The van der Waals surface area contributed by atoms with Crippen molar-refractivity contribution in [2.24, 2.45) is 0 Å². The van der Waals surface area contributed by atoms with Crippen molar-refractivity contribution in [3.05, 3.63) is 65.2 Å². The van der Waals surface area contributed by atoms with Gasteiger partial charge in [0.25, 0.3) is 0 Å². The summed E-state index contributed by atoms with van der Waals surface area (Å²) in [6.07, 6.45) is -4.36. The first kappa shape index (κ1) is 17.2. The summed E-state index contributed by atoms with van der Waals surface area (Å²) >= 11 is 5.11. The lowest BCUT2D eigenvalue weighted by Gasteiger charge is -2.12. The molecule has 0 radical (unpaired) electrons. The zero-order valence-corrected chi connectivity index (χ0v) is 12.8. The molecule has 0 aliphatic heterocycles. The number of thiocarbonyl (C=S) groups is 1. The Balaban J connectivity index is 1.94. The van der Waals surface area contributed by atoms with Crippen LogP contribution in [0.25, 0.3) is 0 Å². The summed E-state index contributed by atoms with van der Waals surface area (Å²) in [7, 11) is 0. The summed E-state index contributed by atoms with van der Waals surface area (Å²) in [6.45, 7) is 0.0926. The van der Waals surface area contributed by atoms with Gasteiger partial charge in [0, 0.05) is 12.2 Å². The molecule has 0 saturated heterocycles. The average molecular weight is 340 g/mol. The van der Waals surface area contributed by atoms with Crippen LogP contribution in [-0.4, -0.2) is 10.2 Å². The predicted octanol–water partition coefficient (Wildman–Crippen LogP) is 3.68. The Morgan fingerprint density at radius 3 is 2.43 bits per heavy atom. The molecule has 2 aromatic carbocycles. The molecular formula is C16H15F3N2OS. The van der Waals surface area contributed by atoms with E-state index in [1.807, 2.05) is 0 Å². The van der Waals surface area contributed by atoms with E-state index in [0.717, 1.165) is 17.7 Å². The minimum Gasteiger partial charge on any atom is -0.392 e. The predicted molar refractivity (Wildman–Crippen MR) is 86.9 cm³/mol. The van der Waals surface area contributed by atoms with Crippen molar-refractivity contribution in [3.8, 4) is 0 Å². The van der Waals surface area contributed by atoms with Gasteiger partial charge in [-0.15, -0.1) is 0 Å². The van der Waals surface area contributed by atoms with Crippen molar-refractivity contribution in [2.75, 3.05) is 5.32 Å². The molecule has 0 aromatic heterocycles. The lowest BCUT2D eigenvalue weighted by Crippen LogP contribution is -2.28. The summed E-state index contributed by atoms with van der Waals surface area (Å²) in [4.78, 5) is 0. The lowest BCUT2D eigenvalue weighted by molar-refractivity contribution is -0.137. The molecule has 3 N–H and O–H groups in total. The monoisotopic (exact) mass is 340 g/mol. The molecule has 0 spiro atoms. The first-order valence-electron chi connectivity index (χ1n) is 6.79. The molecule has 23 heavy (non-hydrogen) atoms. The Hall–Kier alpha value is -2.12. The average Bonchev–Trinajstić information content (AvgIpc) is 2.52. The zero-order valence-electron chi connectivity index (χ0n) is 12.0. The summed E-state index contributed by atoms with van der Waals surface area (Å²) in [5.74, 6) is 0. The second kappa shape index (κ2) is 7.43. The molecule has 0 saturated carbocycles. The Labute approximate surface area is 137 Å². The minimum atomic E-state index is -4.36. The second-order valence-corrected chi connectivity index (χ2v) is 5.27. The van der Waals surface area contributed by atoms with Crippen LogP contribution in [0.4, 0.5) is 18.9 Å². The van der Waals surface area contributed by atoms with E-state index in [1.165, 1.54) is 6.07 Å². The van der Waals surface area contributed by atoms with Gasteiger partial charge in [-0.2, -0.15) is 13.2 Å². The highest BCUT2D eigenvalue weighted by molar-refractivity contribution is 7.80. The van der Waals surface area contributed by atoms with Gasteiger partial charge in [0.05, 0.1) is 12.2 Å². The van der Waals surface area contributed by atoms with E-state index < -0.39 is 11.7 Å². The molecule has 0 fully saturated rings. The van der Waals surface area contributed by atoms with Crippen LogP contribution in [0.3, 0.4) is 0 Å². The van der Waals surface area contributed by atoms with Gasteiger partial charge in [0.2, 0.25) is 0 Å². The van der Waals surface area contributed by atoms with Crippen LogP contribution in [0.5, 0.6) is 0 Å². The van der Waals surface area contributed by atoms with Crippen LogP contribution in [0, 0.1) is 0 Å². The van der Waals surface area contributed by atoms with Gasteiger partial charge in [-0.05, 0) is 47.6 Å². The number of benzene rings is 2. The number of aliphatic hydroxyl groups excluding tert-OH is 1. The third-order valence-electron chi connectivity index (χ3n) is 3.07. The van der Waals surface area contributed by atoms with Crippen LogP contribution >= 0.6 is 12.2 Å². The van der Waals surface area contributed by atoms with Gasteiger partial charge < -0.3 is 15.7 Å². The van der Waals surface area contributed by atoms with Gasteiger partial charge in [-0.25, -0.2) is 0 Å². The largest absolute Gasteiger partial charge is 0.416 e. The van der Waals surface area contributed by atoms with Crippen LogP contribution in [-0.2, 0) is 19.3 Å². The standard InChI is InChI=1S/C16H15F3N2OS/c17-16(18,19)13-5-1-3-11(7-13)9-20-15(23)21-14-6-2-4-12(8-14)10-22/h1-8,22H,9-10H2,(H2,20,21,23). The number of halogens is 3. The third-order valence-corrected chi connectivity index (χ3v) is 3.32. The van der Waals surface area contributed by atoms with Crippen molar-refractivity contribution < 1.29 is 18.3 Å².